The van der Waals surface area contributed by atoms with Crippen molar-refractivity contribution in [1.82, 2.24) is 0 Å². The molecule has 2 aliphatic rings. The van der Waals surface area contributed by atoms with Crippen LogP contribution in [-0.2, 0) is 4.74 Å². The van der Waals surface area contributed by atoms with Crippen molar-refractivity contribution in [3.05, 3.63) is 12.7 Å². The van der Waals surface area contributed by atoms with E-state index in [1.807, 2.05) is 6.08 Å². The van der Waals surface area contributed by atoms with E-state index < -0.39 is 0 Å². The zero-order chi connectivity index (χ0) is 14.9. The Morgan fingerprint density at radius 3 is 2.00 bits per heavy atom. The molecule has 0 aromatic carbocycles. The molecule has 0 heterocycles. The quantitative estimate of drug-likeness (QED) is 0.394. The van der Waals surface area contributed by atoms with Crippen LogP contribution in [0.3, 0.4) is 0 Å². The Hall–Kier alpha value is -0.300. The monoisotopic (exact) mass is 292 g/mol. The number of ether oxygens (including phenoxy) is 1. The van der Waals surface area contributed by atoms with Gasteiger partial charge in [0.25, 0.3) is 0 Å². The summed E-state index contributed by atoms with van der Waals surface area (Å²) in [7, 11) is 0. The topological polar surface area (TPSA) is 9.23 Å². The fourth-order valence-corrected chi connectivity index (χ4v) is 4.59. The minimum absolute atomic E-state index is 0.724. The molecule has 122 valence electrons. The molecule has 0 aliphatic heterocycles. The number of rotatable bonds is 8. The van der Waals surface area contributed by atoms with Gasteiger partial charge in [0.1, 0.15) is 0 Å². The molecule has 0 bridgehead atoms. The van der Waals surface area contributed by atoms with Crippen LogP contribution in [0.2, 0.25) is 0 Å². The van der Waals surface area contributed by atoms with Crippen molar-refractivity contribution in [3.63, 3.8) is 0 Å². The first-order valence-corrected chi connectivity index (χ1v) is 9.52. The van der Waals surface area contributed by atoms with Crippen molar-refractivity contribution in [1.29, 1.82) is 0 Å². The molecular formula is C20H36O. The molecule has 0 unspecified atom stereocenters. The first-order valence-electron chi connectivity index (χ1n) is 9.52. The van der Waals surface area contributed by atoms with Gasteiger partial charge in [-0.15, -0.1) is 6.58 Å². The zero-order valence-electron chi connectivity index (χ0n) is 14.2. The molecule has 2 saturated carbocycles. The van der Waals surface area contributed by atoms with Crippen molar-refractivity contribution in [2.75, 3.05) is 13.2 Å². The highest BCUT2D eigenvalue weighted by atomic mass is 16.5. The standard InChI is InChI=1S/C20H36O/c1-3-5-6-17-7-11-19(12-8-17)20-13-9-18(10-14-20)16-21-15-4-2/h4,17-20H,2-3,5-16H2,1H3/t17-,18-,19-,20-. The molecule has 0 atom stereocenters. The lowest BCUT2D eigenvalue weighted by Crippen LogP contribution is -2.27. The summed E-state index contributed by atoms with van der Waals surface area (Å²) in [5, 5.41) is 0. The van der Waals surface area contributed by atoms with Crippen LogP contribution in [0, 0.1) is 23.7 Å². The lowest BCUT2D eigenvalue weighted by atomic mass is 9.69. The summed E-state index contributed by atoms with van der Waals surface area (Å²) >= 11 is 0. The van der Waals surface area contributed by atoms with Crippen LogP contribution in [0.4, 0.5) is 0 Å². The normalized spacial score (nSPS) is 33.8. The molecule has 0 saturated heterocycles. The second kappa shape index (κ2) is 9.66. The van der Waals surface area contributed by atoms with E-state index in [-0.39, 0.29) is 0 Å². The zero-order valence-corrected chi connectivity index (χ0v) is 14.2. The summed E-state index contributed by atoms with van der Waals surface area (Å²) in [5.74, 6) is 3.97. The van der Waals surface area contributed by atoms with Crippen molar-refractivity contribution in [2.45, 2.75) is 77.6 Å². The largest absolute Gasteiger partial charge is 0.377 e. The second-order valence-corrected chi connectivity index (χ2v) is 7.53. The summed E-state index contributed by atoms with van der Waals surface area (Å²) in [6.45, 7) is 7.72. The van der Waals surface area contributed by atoms with Crippen molar-refractivity contribution in [3.8, 4) is 0 Å². The minimum atomic E-state index is 0.724. The third kappa shape index (κ3) is 5.77. The van der Waals surface area contributed by atoms with E-state index in [1.165, 1.54) is 70.6 Å². The van der Waals surface area contributed by atoms with Gasteiger partial charge in [0.2, 0.25) is 0 Å². The first kappa shape index (κ1) is 17.1. The predicted octanol–water partition coefficient (Wildman–Crippen LogP) is 5.99. The maximum Gasteiger partial charge on any atom is 0.0644 e. The van der Waals surface area contributed by atoms with Crippen LogP contribution in [0.15, 0.2) is 12.7 Å². The van der Waals surface area contributed by atoms with Crippen LogP contribution in [0.5, 0.6) is 0 Å². The summed E-state index contributed by atoms with van der Waals surface area (Å²) in [5.41, 5.74) is 0. The molecule has 0 aromatic heterocycles. The molecule has 0 amide bonds. The Morgan fingerprint density at radius 2 is 1.48 bits per heavy atom. The molecule has 0 N–H and O–H groups in total. The number of hydrogen-bond acceptors (Lipinski definition) is 1. The molecular weight excluding hydrogens is 256 g/mol. The van der Waals surface area contributed by atoms with Gasteiger partial charge in [-0.2, -0.15) is 0 Å². The third-order valence-electron chi connectivity index (χ3n) is 6.00. The van der Waals surface area contributed by atoms with Crippen LogP contribution in [-0.4, -0.2) is 13.2 Å². The predicted molar refractivity (Wildman–Crippen MR) is 91.4 cm³/mol. The lowest BCUT2D eigenvalue weighted by molar-refractivity contribution is 0.0780. The molecule has 0 radical (unpaired) electrons. The van der Waals surface area contributed by atoms with Gasteiger partial charge < -0.3 is 4.74 Å². The molecule has 2 aliphatic carbocycles. The Morgan fingerprint density at radius 1 is 0.905 bits per heavy atom. The van der Waals surface area contributed by atoms with E-state index in [0.717, 1.165) is 36.9 Å². The van der Waals surface area contributed by atoms with Crippen LogP contribution in [0.1, 0.15) is 77.6 Å². The van der Waals surface area contributed by atoms with Crippen LogP contribution < -0.4 is 0 Å². The highest BCUT2D eigenvalue weighted by Crippen LogP contribution is 2.42. The first-order chi connectivity index (χ1) is 10.3. The number of unbranched alkanes of at least 4 members (excludes halogenated alkanes) is 1. The maximum absolute atomic E-state index is 5.64. The molecule has 21 heavy (non-hydrogen) atoms. The van der Waals surface area contributed by atoms with Crippen LogP contribution >= 0.6 is 0 Å². The van der Waals surface area contributed by atoms with Crippen molar-refractivity contribution < 1.29 is 4.74 Å². The Labute approximate surface area is 132 Å². The summed E-state index contributed by atoms with van der Waals surface area (Å²) in [6.07, 6.45) is 18.0. The van der Waals surface area contributed by atoms with E-state index in [2.05, 4.69) is 13.5 Å². The van der Waals surface area contributed by atoms with Gasteiger partial charge in [-0.05, 0) is 62.2 Å². The Bertz CT molecular complexity index is 270. The summed E-state index contributed by atoms with van der Waals surface area (Å²) in [4.78, 5) is 0. The van der Waals surface area contributed by atoms with Crippen molar-refractivity contribution in [2.24, 2.45) is 23.7 Å². The summed E-state index contributed by atoms with van der Waals surface area (Å²) in [6, 6.07) is 0. The van der Waals surface area contributed by atoms with Gasteiger partial charge in [0.15, 0.2) is 0 Å². The van der Waals surface area contributed by atoms with E-state index in [4.69, 9.17) is 4.74 Å². The smallest absolute Gasteiger partial charge is 0.0644 e. The lowest BCUT2D eigenvalue weighted by Gasteiger charge is -2.37. The SMILES string of the molecule is C=CCOC[C@H]1CC[C@H]([C@H]2CC[C@H](CCCC)CC2)CC1. The highest BCUT2D eigenvalue weighted by Gasteiger charge is 2.30. The van der Waals surface area contributed by atoms with Gasteiger partial charge in [-0.1, -0.05) is 45.1 Å². The fourth-order valence-electron chi connectivity index (χ4n) is 4.59. The molecule has 2 fully saturated rings. The van der Waals surface area contributed by atoms with Crippen molar-refractivity contribution >= 4 is 0 Å². The van der Waals surface area contributed by atoms with Gasteiger partial charge >= 0.3 is 0 Å². The van der Waals surface area contributed by atoms with Gasteiger partial charge in [0.05, 0.1) is 6.61 Å². The second-order valence-electron chi connectivity index (χ2n) is 7.53. The fraction of sp³-hybridized carbons (Fsp3) is 0.900. The number of hydrogen-bond donors (Lipinski definition) is 0. The molecule has 0 aromatic rings. The third-order valence-corrected chi connectivity index (χ3v) is 6.00. The minimum Gasteiger partial charge on any atom is -0.377 e. The Balaban J connectivity index is 1.61. The van der Waals surface area contributed by atoms with Crippen LogP contribution in [0.25, 0.3) is 0 Å². The average Bonchev–Trinajstić information content (AvgIpc) is 2.54. The molecule has 0 spiro atoms. The molecule has 1 nitrogen and oxygen atoms in total. The van der Waals surface area contributed by atoms with E-state index in [1.54, 1.807) is 0 Å². The van der Waals surface area contributed by atoms with E-state index in [9.17, 15) is 0 Å². The van der Waals surface area contributed by atoms with Gasteiger partial charge in [0, 0.05) is 6.61 Å². The molecule has 1 heteroatoms. The maximum atomic E-state index is 5.64. The Kier molecular flexibility index (Phi) is 7.85. The van der Waals surface area contributed by atoms with Gasteiger partial charge in [-0.25, -0.2) is 0 Å². The highest BCUT2D eigenvalue weighted by molar-refractivity contribution is 4.82. The average molecular weight is 293 g/mol. The van der Waals surface area contributed by atoms with E-state index >= 15 is 0 Å². The van der Waals surface area contributed by atoms with E-state index in [0.29, 0.717) is 0 Å². The molecule has 2 rings (SSSR count). The van der Waals surface area contributed by atoms with Gasteiger partial charge in [-0.3, -0.25) is 0 Å². The summed E-state index contributed by atoms with van der Waals surface area (Å²) < 4.78 is 5.64.